The van der Waals surface area contributed by atoms with Crippen molar-refractivity contribution in [3.63, 3.8) is 0 Å². The van der Waals surface area contributed by atoms with Crippen LogP contribution in [0, 0.1) is 0 Å². The fourth-order valence-electron chi connectivity index (χ4n) is 3.05. The molecule has 0 amide bonds. The van der Waals surface area contributed by atoms with Gasteiger partial charge in [-0.1, -0.05) is 35.3 Å². The molecule has 0 atom stereocenters. The monoisotopic (exact) mass is 509 g/mol. The van der Waals surface area contributed by atoms with Gasteiger partial charge in [0, 0.05) is 11.3 Å². The maximum absolute atomic E-state index is 11.2. The van der Waals surface area contributed by atoms with Crippen molar-refractivity contribution in [2.75, 3.05) is 10.7 Å². The molecule has 3 heterocycles. The predicted molar refractivity (Wildman–Crippen MR) is 129 cm³/mol. The van der Waals surface area contributed by atoms with Crippen molar-refractivity contribution < 1.29 is 18.9 Å². The number of carboxylic acid groups (broad SMARTS) is 1. The maximum Gasteiger partial charge on any atom is 0.335 e. The standard InChI is InChI=1S/C22H13Cl2N7O4/c23-15-6-4-13(9-16(15)24)26-18-19(28-21-20(27-18)30-35-31-21)29-25-10-14-5-7-17(34-14)11-2-1-3-12(8-11)22(32)33/h1-10H,(H,32,33)(H,26,27,30)(H,28,29,31)/b25-10+. The first-order valence-electron chi connectivity index (χ1n) is 9.91. The van der Waals surface area contributed by atoms with Crippen molar-refractivity contribution in [3.05, 3.63) is 76.0 Å². The second-order valence-electron chi connectivity index (χ2n) is 7.04. The Morgan fingerprint density at radius 3 is 2.54 bits per heavy atom. The Hall–Kier alpha value is -4.48. The van der Waals surface area contributed by atoms with Gasteiger partial charge in [-0.3, -0.25) is 5.43 Å². The first-order chi connectivity index (χ1) is 17.0. The number of carboxylic acids is 1. The fourth-order valence-corrected chi connectivity index (χ4v) is 3.35. The fraction of sp³-hybridized carbons (Fsp3) is 0. The molecule has 0 aliphatic rings. The summed E-state index contributed by atoms with van der Waals surface area (Å²) in [4.78, 5) is 19.9. The Morgan fingerprint density at radius 1 is 0.971 bits per heavy atom. The third-order valence-electron chi connectivity index (χ3n) is 4.68. The van der Waals surface area contributed by atoms with E-state index in [1.54, 1.807) is 42.5 Å². The van der Waals surface area contributed by atoms with Crippen LogP contribution in [0.4, 0.5) is 17.3 Å². The highest BCUT2D eigenvalue weighted by atomic mass is 35.5. The summed E-state index contributed by atoms with van der Waals surface area (Å²) >= 11 is 12.1. The molecule has 0 unspecified atom stereocenters. The van der Waals surface area contributed by atoms with Crippen LogP contribution in [-0.4, -0.2) is 37.6 Å². The summed E-state index contributed by atoms with van der Waals surface area (Å²) < 4.78 is 10.4. The van der Waals surface area contributed by atoms with Crippen LogP contribution in [0.2, 0.25) is 10.0 Å². The van der Waals surface area contributed by atoms with E-state index in [-0.39, 0.29) is 28.5 Å². The van der Waals surface area contributed by atoms with Gasteiger partial charge in [0.05, 0.1) is 21.8 Å². The normalized spacial score (nSPS) is 11.3. The third-order valence-corrected chi connectivity index (χ3v) is 5.42. The number of furan rings is 1. The van der Waals surface area contributed by atoms with E-state index in [1.165, 1.54) is 18.3 Å². The van der Waals surface area contributed by atoms with Crippen molar-refractivity contribution in [1.82, 2.24) is 20.3 Å². The van der Waals surface area contributed by atoms with Gasteiger partial charge in [-0.2, -0.15) is 10.1 Å². The summed E-state index contributed by atoms with van der Waals surface area (Å²) in [6.45, 7) is 0. The number of benzene rings is 2. The van der Waals surface area contributed by atoms with E-state index >= 15 is 0 Å². The van der Waals surface area contributed by atoms with Gasteiger partial charge in [-0.05, 0) is 52.8 Å². The van der Waals surface area contributed by atoms with E-state index in [1.807, 2.05) is 0 Å². The number of nitrogens with one attached hydrogen (secondary N) is 2. The van der Waals surface area contributed by atoms with Gasteiger partial charge in [0.2, 0.25) is 11.3 Å². The predicted octanol–water partition coefficient (Wildman–Crippen LogP) is 5.47. The first kappa shape index (κ1) is 22.3. The van der Waals surface area contributed by atoms with Gasteiger partial charge >= 0.3 is 5.97 Å². The molecule has 11 nitrogen and oxygen atoms in total. The van der Waals surface area contributed by atoms with Crippen LogP contribution in [0.15, 0.2) is 68.7 Å². The number of rotatable bonds is 7. The zero-order valence-corrected chi connectivity index (χ0v) is 18.9. The molecule has 0 fully saturated rings. The summed E-state index contributed by atoms with van der Waals surface area (Å²) in [6, 6.07) is 14.8. The molecule has 0 radical (unpaired) electrons. The van der Waals surface area contributed by atoms with Gasteiger partial charge in [0.25, 0.3) is 0 Å². The second-order valence-corrected chi connectivity index (χ2v) is 7.86. The van der Waals surface area contributed by atoms with Crippen molar-refractivity contribution in [2.24, 2.45) is 5.10 Å². The van der Waals surface area contributed by atoms with E-state index in [4.69, 9.17) is 32.2 Å². The van der Waals surface area contributed by atoms with E-state index < -0.39 is 5.97 Å². The summed E-state index contributed by atoms with van der Waals surface area (Å²) in [5.41, 5.74) is 4.56. The molecule has 0 spiro atoms. The molecule has 3 aromatic heterocycles. The topological polar surface area (TPSA) is 152 Å². The number of nitrogens with zero attached hydrogens (tertiary/aromatic N) is 5. The summed E-state index contributed by atoms with van der Waals surface area (Å²) in [6.07, 6.45) is 1.43. The Labute approximate surface area is 206 Å². The highest BCUT2D eigenvalue weighted by molar-refractivity contribution is 6.42. The van der Waals surface area contributed by atoms with Crippen molar-refractivity contribution in [1.29, 1.82) is 0 Å². The Kier molecular flexibility index (Phi) is 6.00. The van der Waals surface area contributed by atoms with Crippen molar-refractivity contribution >= 4 is 64.0 Å². The zero-order chi connectivity index (χ0) is 24.4. The quantitative estimate of drug-likeness (QED) is 0.190. The van der Waals surface area contributed by atoms with Gasteiger partial charge in [-0.15, -0.1) is 0 Å². The molecule has 0 aliphatic carbocycles. The number of aromatic carboxylic acids is 1. The van der Waals surface area contributed by atoms with Gasteiger partial charge < -0.3 is 14.8 Å². The third kappa shape index (κ3) is 4.90. The van der Waals surface area contributed by atoms with Crippen LogP contribution in [0.1, 0.15) is 16.1 Å². The van der Waals surface area contributed by atoms with E-state index in [2.05, 4.69) is 36.1 Å². The number of carbonyl (C=O) groups is 1. The molecule has 13 heteroatoms. The molecule has 2 aromatic carbocycles. The molecular weight excluding hydrogens is 497 g/mol. The number of hydrogen-bond donors (Lipinski definition) is 3. The molecule has 35 heavy (non-hydrogen) atoms. The first-order valence-corrected chi connectivity index (χ1v) is 10.7. The Balaban J connectivity index is 1.37. The lowest BCUT2D eigenvalue weighted by Gasteiger charge is -2.09. The molecular formula is C22H13Cl2N7O4. The van der Waals surface area contributed by atoms with Crippen molar-refractivity contribution in [3.8, 4) is 11.3 Å². The van der Waals surface area contributed by atoms with Crippen LogP contribution in [0.5, 0.6) is 0 Å². The van der Waals surface area contributed by atoms with Crippen LogP contribution in [0.25, 0.3) is 22.6 Å². The SMILES string of the molecule is O=C(O)c1cccc(-c2ccc(/C=N/Nc3nc4nonc4nc3Nc3ccc(Cl)c(Cl)c3)o2)c1. The molecule has 5 rings (SSSR count). The van der Waals surface area contributed by atoms with Gasteiger partial charge in [0.1, 0.15) is 11.5 Å². The van der Waals surface area contributed by atoms with E-state index in [0.29, 0.717) is 32.8 Å². The number of hydrogen-bond acceptors (Lipinski definition) is 10. The van der Waals surface area contributed by atoms with E-state index in [0.717, 1.165) is 0 Å². The van der Waals surface area contributed by atoms with Crippen LogP contribution in [-0.2, 0) is 0 Å². The highest BCUT2D eigenvalue weighted by Crippen LogP contribution is 2.29. The molecule has 174 valence electrons. The van der Waals surface area contributed by atoms with Gasteiger partial charge in [-0.25, -0.2) is 14.4 Å². The molecule has 3 N–H and O–H groups in total. The minimum absolute atomic E-state index is 0.161. The Bertz CT molecular complexity index is 1580. The Morgan fingerprint density at radius 2 is 1.77 bits per heavy atom. The number of aromatic nitrogens is 4. The number of fused-ring (bicyclic) bond motifs is 1. The molecule has 0 aliphatic heterocycles. The van der Waals surface area contributed by atoms with Crippen LogP contribution in [0.3, 0.4) is 0 Å². The average molecular weight is 510 g/mol. The zero-order valence-electron chi connectivity index (χ0n) is 17.4. The van der Waals surface area contributed by atoms with Crippen molar-refractivity contribution in [2.45, 2.75) is 0 Å². The van der Waals surface area contributed by atoms with Gasteiger partial charge in [0.15, 0.2) is 11.6 Å². The summed E-state index contributed by atoms with van der Waals surface area (Å²) in [7, 11) is 0. The number of anilines is 3. The minimum Gasteiger partial charge on any atom is -0.478 e. The van der Waals surface area contributed by atoms with Crippen LogP contribution >= 0.6 is 23.2 Å². The average Bonchev–Trinajstić information content (AvgIpc) is 3.51. The van der Waals surface area contributed by atoms with E-state index in [9.17, 15) is 9.90 Å². The molecule has 0 saturated heterocycles. The number of hydrazone groups is 1. The molecule has 5 aromatic rings. The molecule has 0 saturated carbocycles. The minimum atomic E-state index is -1.02. The second kappa shape index (κ2) is 9.41. The summed E-state index contributed by atoms with van der Waals surface area (Å²) in [5, 5.41) is 24.6. The lowest BCUT2D eigenvalue weighted by atomic mass is 10.1. The maximum atomic E-state index is 11.2. The lowest BCUT2D eigenvalue weighted by molar-refractivity contribution is 0.0697. The largest absolute Gasteiger partial charge is 0.478 e. The lowest BCUT2D eigenvalue weighted by Crippen LogP contribution is -2.03. The smallest absolute Gasteiger partial charge is 0.335 e. The van der Waals surface area contributed by atoms with Crippen LogP contribution < -0.4 is 10.7 Å². The summed E-state index contributed by atoms with van der Waals surface area (Å²) in [5.74, 6) is 0.414. The number of halogens is 2. The highest BCUT2D eigenvalue weighted by Gasteiger charge is 2.14. The molecule has 0 bridgehead atoms.